The molecule has 2 heterocycles. The zero-order valence-electron chi connectivity index (χ0n) is 27.0. The van der Waals surface area contributed by atoms with Crippen LogP contribution in [-0.4, -0.2) is 89.9 Å². The van der Waals surface area contributed by atoms with E-state index in [1.54, 1.807) is 41.3 Å². The van der Waals surface area contributed by atoms with Crippen LogP contribution in [0, 0.1) is 5.92 Å². The van der Waals surface area contributed by atoms with E-state index in [1.807, 2.05) is 0 Å². The van der Waals surface area contributed by atoms with Gasteiger partial charge >= 0.3 is 18.3 Å². The third kappa shape index (κ3) is 9.21. The molecule has 1 aliphatic heterocycles. The quantitative estimate of drug-likeness (QED) is 0.263. The number of likely N-dealkylation sites (tertiary alicyclic amines) is 1. The van der Waals surface area contributed by atoms with Gasteiger partial charge in [-0.1, -0.05) is 18.2 Å². The van der Waals surface area contributed by atoms with Crippen molar-refractivity contribution >= 4 is 38.3 Å². The summed E-state index contributed by atoms with van der Waals surface area (Å²) in [5.74, 6) is -3.22. The second kappa shape index (κ2) is 14.9. The first-order valence-electron chi connectivity index (χ1n) is 15.6. The molecule has 2 fully saturated rings. The summed E-state index contributed by atoms with van der Waals surface area (Å²) in [6, 6.07) is 13.0. The van der Waals surface area contributed by atoms with E-state index < -0.39 is 39.8 Å². The van der Waals surface area contributed by atoms with Crippen LogP contribution in [0.2, 0.25) is 0 Å². The summed E-state index contributed by atoms with van der Waals surface area (Å²) in [6.45, 7) is 4.68. The monoisotopic (exact) mass is 716 g/mol. The summed E-state index contributed by atoms with van der Waals surface area (Å²) in [5, 5.41) is 10.6. The first-order chi connectivity index (χ1) is 22.8. The van der Waals surface area contributed by atoms with Gasteiger partial charge in [0.2, 0.25) is 5.91 Å². The Labute approximate surface area is 280 Å². The SMILES string of the molecule is CC(C)N(C)[C@@H]1CC[C@H](N2CC[C@@H](Nc3ccnc4ccc(C(F)(F)F)cc34)C2=O)[C@H](CS(=O)(=O)c2ccccc2)C1.O=C(O)C(F)(F)F. The van der Waals surface area contributed by atoms with Gasteiger partial charge in [0.25, 0.3) is 0 Å². The van der Waals surface area contributed by atoms with Crippen LogP contribution in [0.25, 0.3) is 10.9 Å². The third-order valence-corrected chi connectivity index (χ3v) is 11.0. The number of sulfone groups is 1. The summed E-state index contributed by atoms with van der Waals surface area (Å²) >= 11 is 0. The molecule has 16 heteroatoms. The molecule has 4 atom stereocenters. The Bertz CT molecular complexity index is 1740. The van der Waals surface area contributed by atoms with E-state index in [4.69, 9.17) is 9.90 Å². The molecule has 0 spiro atoms. The number of fused-ring (bicyclic) bond motifs is 1. The summed E-state index contributed by atoms with van der Waals surface area (Å²) in [5.41, 5.74) is 0.0295. The average molecular weight is 717 g/mol. The molecule has 1 aromatic heterocycles. The summed E-state index contributed by atoms with van der Waals surface area (Å²) < 4.78 is 98.9. The van der Waals surface area contributed by atoms with Gasteiger partial charge in [-0.05, 0) is 88.9 Å². The van der Waals surface area contributed by atoms with E-state index in [2.05, 4.69) is 36.1 Å². The Balaban J connectivity index is 0.000000698. The first-order valence-corrected chi connectivity index (χ1v) is 17.3. The van der Waals surface area contributed by atoms with E-state index in [1.165, 1.54) is 12.3 Å². The number of amides is 1. The number of nitrogens with zero attached hydrogens (tertiary/aromatic N) is 3. The van der Waals surface area contributed by atoms with Crippen molar-refractivity contribution < 1.29 is 49.5 Å². The predicted octanol–water partition coefficient (Wildman–Crippen LogP) is 6.25. The standard InChI is InChI=1S/C31H37F3N4O3S.C2HF3O2/c1-20(2)37(3)23-10-12-29(21(17-23)19-42(40,41)24-7-5-4-6-8-24)38-16-14-28(30(38)39)36-27-13-15-35-26-11-9-22(18-25(26)27)31(32,33)34;3-2(4,5)1(6)7/h4-9,11,13,15,18,20-21,23,28-29H,10,12,14,16-17,19H2,1-3H3,(H,35,36);(H,6,7)/t21-,23+,28+,29-;/m0./s1. The van der Waals surface area contributed by atoms with Crippen molar-refractivity contribution in [1.82, 2.24) is 14.8 Å². The maximum absolute atomic E-state index is 13.8. The number of carbonyl (C=O) groups excluding carboxylic acids is 1. The minimum Gasteiger partial charge on any atom is -0.475 e. The van der Waals surface area contributed by atoms with Gasteiger partial charge in [0.15, 0.2) is 9.84 Å². The summed E-state index contributed by atoms with van der Waals surface area (Å²) in [4.78, 5) is 31.2. The zero-order chi connectivity index (χ0) is 36.3. The fourth-order valence-corrected chi connectivity index (χ4v) is 8.10. The third-order valence-electron chi connectivity index (χ3n) is 9.12. The molecular formula is C33H38F6N4O5S. The van der Waals surface area contributed by atoms with Crippen LogP contribution in [0.3, 0.4) is 0 Å². The number of halogens is 6. The number of carboxylic acids is 1. The fourth-order valence-electron chi connectivity index (χ4n) is 6.41. The molecule has 1 amide bonds. The van der Waals surface area contributed by atoms with E-state index in [9.17, 15) is 39.6 Å². The van der Waals surface area contributed by atoms with E-state index in [-0.39, 0.29) is 34.6 Å². The number of carbonyl (C=O) groups is 2. The van der Waals surface area contributed by atoms with Gasteiger partial charge in [-0.25, -0.2) is 13.2 Å². The number of aromatic nitrogens is 1. The molecule has 2 N–H and O–H groups in total. The van der Waals surface area contributed by atoms with Gasteiger partial charge in [-0.15, -0.1) is 0 Å². The maximum Gasteiger partial charge on any atom is 0.490 e. The summed E-state index contributed by atoms with van der Waals surface area (Å²) in [6.07, 6.45) is -5.43. The van der Waals surface area contributed by atoms with Crippen LogP contribution in [-0.2, 0) is 25.6 Å². The average Bonchev–Trinajstić information content (AvgIpc) is 3.39. The number of pyridine rings is 1. The van der Waals surface area contributed by atoms with Gasteiger partial charge in [0.05, 0.1) is 21.7 Å². The lowest BCUT2D eigenvalue weighted by molar-refractivity contribution is -0.192. The highest BCUT2D eigenvalue weighted by atomic mass is 32.2. The number of alkyl halides is 6. The van der Waals surface area contributed by atoms with E-state index >= 15 is 0 Å². The largest absolute Gasteiger partial charge is 0.490 e. The molecule has 0 radical (unpaired) electrons. The number of rotatable bonds is 8. The molecule has 268 valence electrons. The van der Waals surface area contributed by atoms with Crippen molar-refractivity contribution in [3.63, 3.8) is 0 Å². The molecule has 5 rings (SSSR count). The highest BCUT2D eigenvalue weighted by Gasteiger charge is 2.44. The lowest BCUT2D eigenvalue weighted by Gasteiger charge is -2.44. The Morgan fingerprint density at radius 3 is 2.29 bits per heavy atom. The van der Waals surface area contributed by atoms with Crippen molar-refractivity contribution in [3.05, 3.63) is 66.4 Å². The van der Waals surface area contributed by atoms with Crippen LogP contribution in [0.15, 0.2) is 65.7 Å². The zero-order valence-corrected chi connectivity index (χ0v) is 27.8. The second-order valence-electron chi connectivity index (χ2n) is 12.6. The number of nitrogens with one attached hydrogen (secondary N) is 1. The Morgan fingerprint density at radius 1 is 1.04 bits per heavy atom. The minimum absolute atomic E-state index is 0.0544. The number of anilines is 1. The lowest BCUT2D eigenvalue weighted by Crippen LogP contribution is -2.52. The molecule has 9 nitrogen and oxygen atoms in total. The molecule has 1 aliphatic carbocycles. The Morgan fingerprint density at radius 2 is 1.69 bits per heavy atom. The predicted molar refractivity (Wildman–Crippen MR) is 170 cm³/mol. The van der Waals surface area contributed by atoms with Gasteiger partial charge in [0.1, 0.15) is 6.04 Å². The number of hydrogen-bond acceptors (Lipinski definition) is 7. The van der Waals surface area contributed by atoms with Gasteiger partial charge in [0, 0.05) is 41.9 Å². The normalized spacial score (nSPS) is 21.9. The topological polar surface area (TPSA) is 120 Å². The van der Waals surface area contributed by atoms with Crippen LogP contribution in [0.4, 0.5) is 32.0 Å². The molecule has 0 bridgehead atoms. The molecule has 3 aromatic rings. The van der Waals surface area contributed by atoms with Crippen molar-refractivity contribution in [2.24, 2.45) is 5.92 Å². The van der Waals surface area contributed by atoms with Crippen molar-refractivity contribution in [1.29, 1.82) is 0 Å². The Kier molecular flexibility index (Phi) is 11.5. The molecule has 1 saturated heterocycles. The Hall–Kier alpha value is -3.92. The molecular weight excluding hydrogens is 678 g/mol. The van der Waals surface area contributed by atoms with Crippen LogP contribution < -0.4 is 5.32 Å². The number of hydrogen-bond donors (Lipinski definition) is 2. The second-order valence-corrected chi connectivity index (χ2v) is 14.6. The van der Waals surface area contributed by atoms with Gasteiger partial charge in [-0.3, -0.25) is 9.78 Å². The van der Waals surface area contributed by atoms with E-state index in [0.717, 1.165) is 18.6 Å². The van der Waals surface area contributed by atoms with Crippen LogP contribution in [0.5, 0.6) is 0 Å². The maximum atomic E-state index is 13.8. The van der Waals surface area contributed by atoms with Gasteiger partial charge < -0.3 is 20.2 Å². The number of carboxylic acid groups (broad SMARTS) is 1. The minimum atomic E-state index is -5.08. The van der Waals surface area contributed by atoms with Crippen LogP contribution in [0.1, 0.15) is 45.1 Å². The molecule has 49 heavy (non-hydrogen) atoms. The first kappa shape index (κ1) is 37.9. The van der Waals surface area contributed by atoms with E-state index in [0.29, 0.717) is 48.4 Å². The molecule has 2 aromatic carbocycles. The van der Waals surface area contributed by atoms with Gasteiger partial charge in [-0.2, -0.15) is 26.3 Å². The molecule has 2 aliphatic rings. The van der Waals surface area contributed by atoms with Crippen molar-refractivity contribution in [3.8, 4) is 0 Å². The number of aliphatic carboxylic acids is 1. The van der Waals surface area contributed by atoms with Crippen LogP contribution >= 0.6 is 0 Å². The van der Waals surface area contributed by atoms with Crippen molar-refractivity contribution in [2.45, 2.75) is 80.9 Å². The molecule has 1 saturated carbocycles. The number of benzene rings is 2. The highest BCUT2D eigenvalue weighted by molar-refractivity contribution is 7.91. The fraction of sp³-hybridized carbons (Fsp3) is 0.485. The lowest BCUT2D eigenvalue weighted by atomic mass is 9.81. The van der Waals surface area contributed by atoms with Crippen molar-refractivity contribution in [2.75, 3.05) is 24.7 Å². The summed E-state index contributed by atoms with van der Waals surface area (Å²) in [7, 11) is -1.52. The smallest absolute Gasteiger partial charge is 0.475 e. The molecule has 0 unspecified atom stereocenters. The highest BCUT2D eigenvalue weighted by Crippen LogP contribution is 2.37.